The first kappa shape index (κ1) is 20.0. The molecule has 2 aromatic rings. The molecule has 2 saturated heterocycles. The fourth-order valence-electron chi connectivity index (χ4n) is 4.53. The van der Waals surface area contributed by atoms with Crippen LogP contribution < -0.4 is 5.32 Å². The minimum absolute atomic E-state index is 0.0858. The standard InChI is InChI=1S/C22H31N5O2/c1-17-13-21(29-25-17)16-26-11-7-20(8-12-26)27-10-4-5-18(15-27)22(28)24-14-19-6-2-3-9-23-19/h2-3,6,9,13,18,20H,4-5,7-8,10-12,14-16H2,1H3,(H,24,28). The van der Waals surface area contributed by atoms with Gasteiger partial charge < -0.3 is 9.84 Å². The molecule has 7 nitrogen and oxygen atoms in total. The molecule has 0 radical (unpaired) electrons. The molecule has 0 aromatic carbocycles. The largest absolute Gasteiger partial charge is 0.360 e. The van der Waals surface area contributed by atoms with Gasteiger partial charge >= 0.3 is 0 Å². The van der Waals surface area contributed by atoms with Crippen molar-refractivity contribution in [3.63, 3.8) is 0 Å². The van der Waals surface area contributed by atoms with Crippen molar-refractivity contribution in [2.75, 3.05) is 26.2 Å². The number of pyridine rings is 1. The summed E-state index contributed by atoms with van der Waals surface area (Å²) in [7, 11) is 0. The predicted molar refractivity (Wildman–Crippen MR) is 110 cm³/mol. The second-order valence-corrected chi connectivity index (χ2v) is 8.31. The van der Waals surface area contributed by atoms with Crippen LogP contribution in [0.5, 0.6) is 0 Å². The Hall–Kier alpha value is -2.25. The third kappa shape index (κ3) is 5.42. The Labute approximate surface area is 172 Å². The SMILES string of the molecule is Cc1cc(CN2CCC(N3CCCC(C(=O)NCc4ccccn4)C3)CC2)on1. The minimum Gasteiger partial charge on any atom is -0.360 e. The van der Waals surface area contributed by atoms with Crippen molar-refractivity contribution in [1.82, 2.24) is 25.3 Å². The number of hydrogen-bond donors (Lipinski definition) is 1. The van der Waals surface area contributed by atoms with Crippen molar-refractivity contribution >= 4 is 5.91 Å². The van der Waals surface area contributed by atoms with Crippen LogP contribution in [0.25, 0.3) is 0 Å². The van der Waals surface area contributed by atoms with Gasteiger partial charge in [-0.3, -0.25) is 19.6 Å². The average molecular weight is 398 g/mol. The number of aromatic nitrogens is 2. The van der Waals surface area contributed by atoms with Gasteiger partial charge in [-0.25, -0.2) is 0 Å². The van der Waals surface area contributed by atoms with Gasteiger partial charge in [-0.05, 0) is 51.3 Å². The van der Waals surface area contributed by atoms with E-state index in [1.165, 1.54) is 0 Å². The molecule has 0 saturated carbocycles. The van der Waals surface area contributed by atoms with Crippen LogP contribution in [-0.2, 0) is 17.9 Å². The summed E-state index contributed by atoms with van der Waals surface area (Å²) in [6, 6.07) is 8.38. The lowest BCUT2D eigenvalue weighted by Gasteiger charge is -2.41. The highest BCUT2D eigenvalue weighted by Crippen LogP contribution is 2.25. The van der Waals surface area contributed by atoms with Crippen molar-refractivity contribution in [2.24, 2.45) is 5.92 Å². The first-order valence-electron chi connectivity index (χ1n) is 10.7. The first-order chi connectivity index (χ1) is 14.2. The number of hydrogen-bond acceptors (Lipinski definition) is 6. The number of amides is 1. The van der Waals surface area contributed by atoms with Crippen LogP contribution >= 0.6 is 0 Å². The lowest BCUT2D eigenvalue weighted by molar-refractivity contribution is -0.127. The highest BCUT2D eigenvalue weighted by atomic mass is 16.5. The fourth-order valence-corrected chi connectivity index (χ4v) is 4.53. The summed E-state index contributed by atoms with van der Waals surface area (Å²) < 4.78 is 5.35. The maximum absolute atomic E-state index is 12.7. The zero-order chi connectivity index (χ0) is 20.1. The molecule has 0 spiro atoms. The Morgan fingerprint density at radius 3 is 2.83 bits per heavy atom. The molecule has 29 heavy (non-hydrogen) atoms. The maximum atomic E-state index is 12.7. The maximum Gasteiger partial charge on any atom is 0.224 e. The number of carbonyl (C=O) groups is 1. The van der Waals surface area contributed by atoms with E-state index in [-0.39, 0.29) is 11.8 Å². The van der Waals surface area contributed by atoms with Crippen molar-refractivity contribution in [2.45, 2.75) is 51.7 Å². The topological polar surface area (TPSA) is 74.5 Å². The monoisotopic (exact) mass is 397 g/mol. The Morgan fingerprint density at radius 2 is 2.10 bits per heavy atom. The van der Waals surface area contributed by atoms with Gasteiger partial charge in [0, 0.05) is 37.9 Å². The molecule has 2 aliphatic heterocycles. The Kier molecular flexibility index (Phi) is 6.56. The van der Waals surface area contributed by atoms with E-state index in [1.807, 2.05) is 31.2 Å². The van der Waals surface area contributed by atoms with Gasteiger partial charge in [0.1, 0.15) is 0 Å². The Bertz CT molecular complexity index is 786. The lowest BCUT2D eigenvalue weighted by Crippen LogP contribution is -2.50. The fraction of sp³-hybridized carbons (Fsp3) is 0.591. The zero-order valence-electron chi connectivity index (χ0n) is 17.2. The van der Waals surface area contributed by atoms with Crippen LogP contribution in [-0.4, -0.2) is 58.1 Å². The van der Waals surface area contributed by atoms with Gasteiger partial charge in [-0.1, -0.05) is 11.2 Å². The zero-order valence-corrected chi connectivity index (χ0v) is 17.2. The molecule has 1 atom stereocenters. The number of likely N-dealkylation sites (tertiary alicyclic amines) is 2. The van der Waals surface area contributed by atoms with Crippen LogP contribution in [0.15, 0.2) is 35.0 Å². The number of rotatable bonds is 6. The van der Waals surface area contributed by atoms with Crippen LogP contribution in [0.4, 0.5) is 0 Å². The molecule has 1 amide bonds. The summed E-state index contributed by atoms with van der Waals surface area (Å²) in [5.74, 6) is 1.20. The predicted octanol–water partition coefficient (Wildman–Crippen LogP) is 2.37. The van der Waals surface area contributed by atoms with Crippen LogP contribution in [0.2, 0.25) is 0 Å². The van der Waals surface area contributed by atoms with Gasteiger partial charge in [0.15, 0.2) is 5.76 Å². The summed E-state index contributed by atoms with van der Waals surface area (Å²) in [5, 5.41) is 7.05. The smallest absolute Gasteiger partial charge is 0.224 e. The van der Waals surface area contributed by atoms with Crippen molar-refractivity contribution in [3.8, 4) is 0 Å². The van der Waals surface area contributed by atoms with Gasteiger partial charge in [0.05, 0.1) is 30.4 Å². The highest BCUT2D eigenvalue weighted by molar-refractivity contribution is 5.78. The molecule has 7 heteroatoms. The van der Waals surface area contributed by atoms with E-state index >= 15 is 0 Å². The van der Waals surface area contributed by atoms with E-state index in [2.05, 4.69) is 25.3 Å². The normalized spacial score (nSPS) is 21.9. The second kappa shape index (κ2) is 9.50. The van der Waals surface area contributed by atoms with E-state index in [1.54, 1.807) is 6.20 Å². The van der Waals surface area contributed by atoms with Crippen LogP contribution in [0.3, 0.4) is 0 Å². The van der Waals surface area contributed by atoms with E-state index < -0.39 is 0 Å². The number of carbonyl (C=O) groups excluding carboxylic acids is 1. The van der Waals surface area contributed by atoms with Crippen LogP contribution in [0.1, 0.15) is 42.8 Å². The summed E-state index contributed by atoms with van der Waals surface area (Å²) in [4.78, 5) is 21.9. The Balaban J connectivity index is 1.23. The van der Waals surface area contributed by atoms with Gasteiger partial charge in [0.2, 0.25) is 5.91 Å². The van der Waals surface area contributed by atoms with Crippen molar-refractivity contribution < 1.29 is 9.32 Å². The van der Waals surface area contributed by atoms with Crippen LogP contribution in [0, 0.1) is 12.8 Å². The molecular formula is C22H31N5O2. The van der Waals surface area contributed by atoms with Crippen molar-refractivity contribution in [1.29, 1.82) is 0 Å². The van der Waals surface area contributed by atoms with Gasteiger partial charge in [-0.15, -0.1) is 0 Å². The summed E-state index contributed by atoms with van der Waals surface area (Å²) in [6.07, 6.45) is 6.14. The molecule has 4 heterocycles. The molecule has 2 aromatic heterocycles. The van der Waals surface area contributed by atoms with Crippen molar-refractivity contribution in [3.05, 3.63) is 47.6 Å². The number of piperidine rings is 2. The molecular weight excluding hydrogens is 366 g/mol. The third-order valence-electron chi connectivity index (χ3n) is 6.12. The molecule has 0 bridgehead atoms. The minimum atomic E-state index is 0.0858. The Morgan fingerprint density at radius 1 is 1.24 bits per heavy atom. The molecule has 156 valence electrons. The van der Waals surface area contributed by atoms with E-state index in [0.29, 0.717) is 12.6 Å². The molecule has 0 aliphatic carbocycles. The summed E-state index contributed by atoms with van der Waals surface area (Å²) >= 11 is 0. The number of aryl methyl sites for hydroxylation is 1. The molecule has 1 unspecified atom stereocenters. The van der Waals surface area contributed by atoms with Gasteiger partial charge in [-0.2, -0.15) is 0 Å². The number of nitrogens with one attached hydrogen (secondary N) is 1. The number of nitrogens with zero attached hydrogens (tertiary/aromatic N) is 4. The first-order valence-corrected chi connectivity index (χ1v) is 10.7. The van der Waals surface area contributed by atoms with E-state index in [0.717, 1.165) is 75.6 Å². The second-order valence-electron chi connectivity index (χ2n) is 8.31. The molecule has 1 N–H and O–H groups in total. The summed E-state index contributed by atoms with van der Waals surface area (Å²) in [6.45, 7) is 7.42. The quantitative estimate of drug-likeness (QED) is 0.807. The average Bonchev–Trinajstić information content (AvgIpc) is 3.18. The summed E-state index contributed by atoms with van der Waals surface area (Å²) in [5.41, 5.74) is 1.85. The third-order valence-corrected chi connectivity index (χ3v) is 6.12. The van der Waals surface area contributed by atoms with E-state index in [9.17, 15) is 4.79 Å². The molecule has 4 rings (SSSR count). The highest BCUT2D eigenvalue weighted by Gasteiger charge is 2.31. The molecule has 2 aliphatic rings. The van der Waals surface area contributed by atoms with E-state index in [4.69, 9.17) is 4.52 Å². The lowest BCUT2D eigenvalue weighted by atomic mass is 9.93. The molecule has 2 fully saturated rings. The van der Waals surface area contributed by atoms with Gasteiger partial charge in [0.25, 0.3) is 0 Å².